The lowest BCUT2D eigenvalue weighted by Crippen LogP contribution is -2.33. The molecule has 0 fully saturated rings. The van der Waals surface area contributed by atoms with Crippen molar-refractivity contribution in [2.75, 3.05) is 0 Å². The molecule has 1 aromatic heterocycles. The van der Waals surface area contributed by atoms with E-state index in [0.29, 0.717) is 29.0 Å². The molecular formula is C24H21N3O3. The van der Waals surface area contributed by atoms with Gasteiger partial charge in [-0.25, -0.2) is 4.98 Å². The van der Waals surface area contributed by atoms with Gasteiger partial charge in [-0.1, -0.05) is 42.5 Å². The van der Waals surface area contributed by atoms with E-state index < -0.39 is 0 Å². The first-order valence-corrected chi connectivity index (χ1v) is 9.65. The molecule has 0 bridgehead atoms. The van der Waals surface area contributed by atoms with Crippen LogP contribution in [0.1, 0.15) is 11.4 Å². The van der Waals surface area contributed by atoms with Gasteiger partial charge in [0.1, 0.15) is 23.9 Å². The van der Waals surface area contributed by atoms with Crippen molar-refractivity contribution < 1.29 is 9.53 Å². The summed E-state index contributed by atoms with van der Waals surface area (Å²) in [5.74, 6) is 1.69. The maximum Gasteiger partial charge on any atom is 0.261 e. The number of nitrogens with one attached hydrogen (secondary N) is 1. The molecule has 0 saturated carbocycles. The molecule has 0 atom stereocenters. The second kappa shape index (κ2) is 8.61. The minimum absolute atomic E-state index is 0.0806. The topological polar surface area (TPSA) is 73.2 Å². The maximum atomic E-state index is 12.7. The van der Waals surface area contributed by atoms with Gasteiger partial charge in [-0.05, 0) is 48.9 Å². The van der Waals surface area contributed by atoms with Gasteiger partial charge in [-0.15, -0.1) is 0 Å². The van der Waals surface area contributed by atoms with Crippen LogP contribution in [0.2, 0.25) is 0 Å². The van der Waals surface area contributed by atoms with Crippen LogP contribution in [-0.4, -0.2) is 15.5 Å². The molecular weight excluding hydrogens is 378 g/mol. The van der Waals surface area contributed by atoms with E-state index in [1.807, 2.05) is 60.7 Å². The number of ether oxygens (including phenoxy) is 1. The maximum absolute atomic E-state index is 12.7. The highest BCUT2D eigenvalue weighted by atomic mass is 16.5. The van der Waals surface area contributed by atoms with Crippen LogP contribution in [0.3, 0.4) is 0 Å². The zero-order valence-corrected chi connectivity index (χ0v) is 16.5. The lowest BCUT2D eigenvalue weighted by molar-refractivity contribution is -0.121. The summed E-state index contributed by atoms with van der Waals surface area (Å²) in [5, 5.41) is 3.36. The summed E-state index contributed by atoms with van der Waals surface area (Å²) >= 11 is 0. The second-order valence-electron chi connectivity index (χ2n) is 6.91. The quantitative estimate of drug-likeness (QED) is 0.535. The smallest absolute Gasteiger partial charge is 0.261 e. The van der Waals surface area contributed by atoms with E-state index in [1.54, 1.807) is 25.1 Å². The fourth-order valence-corrected chi connectivity index (χ4v) is 3.21. The molecule has 0 aliphatic heterocycles. The Hall–Kier alpha value is -3.93. The zero-order chi connectivity index (χ0) is 20.9. The van der Waals surface area contributed by atoms with Crippen LogP contribution in [0, 0.1) is 6.92 Å². The average molecular weight is 399 g/mol. The largest absolute Gasteiger partial charge is 0.457 e. The number of hydrogen-bond donors (Lipinski definition) is 1. The number of fused-ring (bicyclic) bond motifs is 1. The van der Waals surface area contributed by atoms with Gasteiger partial charge in [-0.2, -0.15) is 0 Å². The Kier molecular flexibility index (Phi) is 5.57. The summed E-state index contributed by atoms with van der Waals surface area (Å²) in [4.78, 5) is 29.6. The number of carbonyl (C=O) groups is 1. The van der Waals surface area contributed by atoms with Gasteiger partial charge in [0.2, 0.25) is 5.91 Å². The standard InChI is InChI=1S/C24H21N3O3/c1-17-26-22-13-6-5-12-21(22)24(29)27(17)16-23(28)25-15-18-8-7-11-20(14-18)30-19-9-3-2-4-10-19/h2-14H,15-16H2,1H3,(H,25,28). The molecule has 0 spiro atoms. The molecule has 1 amide bonds. The van der Waals surface area contributed by atoms with Gasteiger partial charge < -0.3 is 10.1 Å². The van der Waals surface area contributed by atoms with Gasteiger partial charge >= 0.3 is 0 Å². The van der Waals surface area contributed by atoms with E-state index in [-0.39, 0.29) is 18.0 Å². The van der Waals surface area contributed by atoms with Crippen molar-refractivity contribution in [1.29, 1.82) is 0 Å². The zero-order valence-electron chi connectivity index (χ0n) is 16.5. The molecule has 4 rings (SSSR count). The minimum Gasteiger partial charge on any atom is -0.457 e. The number of carbonyl (C=O) groups excluding carboxylic acids is 1. The molecule has 3 aromatic carbocycles. The molecule has 6 nitrogen and oxygen atoms in total. The van der Waals surface area contributed by atoms with Gasteiger partial charge in [0.05, 0.1) is 10.9 Å². The van der Waals surface area contributed by atoms with Crippen LogP contribution in [0.15, 0.2) is 83.7 Å². The van der Waals surface area contributed by atoms with Crippen LogP contribution in [0.5, 0.6) is 11.5 Å². The van der Waals surface area contributed by atoms with Crippen molar-refractivity contribution in [3.05, 3.63) is 101 Å². The second-order valence-corrected chi connectivity index (χ2v) is 6.91. The van der Waals surface area contributed by atoms with Crippen LogP contribution >= 0.6 is 0 Å². The Labute approximate surface area is 173 Å². The Morgan fingerprint density at radius 1 is 0.967 bits per heavy atom. The van der Waals surface area contributed by atoms with Gasteiger partial charge in [0, 0.05) is 6.54 Å². The third kappa shape index (κ3) is 4.38. The van der Waals surface area contributed by atoms with E-state index in [4.69, 9.17) is 4.74 Å². The number of rotatable bonds is 6. The molecule has 1 heterocycles. The normalized spacial score (nSPS) is 10.7. The van der Waals surface area contributed by atoms with E-state index in [0.717, 1.165) is 11.3 Å². The van der Waals surface area contributed by atoms with Crippen molar-refractivity contribution in [2.24, 2.45) is 0 Å². The Bertz CT molecular complexity index is 1250. The molecule has 4 aromatic rings. The molecule has 0 saturated heterocycles. The van der Waals surface area contributed by atoms with E-state index >= 15 is 0 Å². The van der Waals surface area contributed by atoms with Gasteiger partial charge in [0.25, 0.3) is 5.56 Å². The molecule has 1 N–H and O–H groups in total. The fraction of sp³-hybridized carbons (Fsp3) is 0.125. The summed E-state index contributed by atoms with van der Waals surface area (Å²) in [6.07, 6.45) is 0. The number of aryl methyl sites for hydroxylation is 1. The lowest BCUT2D eigenvalue weighted by atomic mass is 10.2. The van der Waals surface area contributed by atoms with Crippen molar-refractivity contribution in [3.63, 3.8) is 0 Å². The van der Waals surface area contributed by atoms with E-state index in [2.05, 4.69) is 10.3 Å². The number of benzene rings is 3. The number of hydrogen-bond acceptors (Lipinski definition) is 4. The molecule has 0 unspecified atom stereocenters. The number of nitrogens with zero attached hydrogens (tertiary/aromatic N) is 2. The van der Waals surface area contributed by atoms with Crippen LogP contribution < -0.4 is 15.6 Å². The molecule has 30 heavy (non-hydrogen) atoms. The summed E-state index contributed by atoms with van der Waals surface area (Å²) in [6.45, 7) is 1.98. The van der Waals surface area contributed by atoms with Crippen molar-refractivity contribution in [2.45, 2.75) is 20.0 Å². The van der Waals surface area contributed by atoms with Crippen LogP contribution in [0.4, 0.5) is 0 Å². The number of amides is 1. The number of para-hydroxylation sites is 2. The highest BCUT2D eigenvalue weighted by Gasteiger charge is 2.11. The minimum atomic E-state index is -0.258. The Morgan fingerprint density at radius 3 is 2.53 bits per heavy atom. The SMILES string of the molecule is Cc1nc2ccccc2c(=O)n1CC(=O)NCc1cccc(Oc2ccccc2)c1. The van der Waals surface area contributed by atoms with Crippen molar-refractivity contribution >= 4 is 16.8 Å². The van der Waals surface area contributed by atoms with E-state index in [1.165, 1.54) is 4.57 Å². The summed E-state index contributed by atoms with van der Waals surface area (Å²) in [6, 6.07) is 24.2. The third-order valence-electron chi connectivity index (χ3n) is 4.72. The van der Waals surface area contributed by atoms with Crippen LogP contribution in [0.25, 0.3) is 10.9 Å². The summed E-state index contributed by atoms with van der Waals surface area (Å²) in [5.41, 5.74) is 1.32. The average Bonchev–Trinajstić information content (AvgIpc) is 2.76. The highest BCUT2D eigenvalue weighted by Crippen LogP contribution is 2.21. The van der Waals surface area contributed by atoms with E-state index in [9.17, 15) is 9.59 Å². The molecule has 0 aliphatic carbocycles. The Morgan fingerprint density at radius 2 is 1.70 bits per heavy atom. The first-order chi connectivity index (χ1) is 14.6. The molecule has 0 radical (unpaired) electrons. The Balaban J connectivity index is 1.43. The molecule has 6 heteroatoms. The molecule has 150 valence electrons. The number of aromatic nitrogens is 2. The summed E-state index contributed by atoms with van der Waals surface area (Å²) in [7, 11) is 0. The molecule has 0 aliphatic rings. The predicted octanol–water partition coefficient (Wildman–Crippen LogP) is 3.81. The fourth-order valence-electron chi connectivity index (χ4n) is 3.21. The van der Waals surface area contributed by atoms with Crippen LogP contribution in [-0.2, 0) is 17.9 Å². The predicted molar refractivity (Wildman–Crippen MR) is 116 cm³/mol. The summed E-state index contributed by atoms with van der Waals surface area (Å²) < 4.78 is 7.22. The van der Waals surface area contributed by atoms with Crippen molar-refractivity contribution in [3.8, 4) is 11.5 Å². The highest BCUT2D eigenvalue weighted by molar-refractivity contribution is 5.79. The first-order valence-electron chi connectivity index (χ1n) is 9.65. The van der Waals surface area contributed by atoms with Crippen molar-refractivity contribution in [1.82, 2.24) is 14.9 Å². The van der Waals surface area contributed by atoms with Gasteiger partial charge in [-0.3, -0.25) is 14.2 Å². The lowest BCUT2D eigenvalue weighted by Gasteiger charge is -2.12. The van der Waals surface area contributed by atoms with Gasteiger partial charge in [0.15, 0.2) is 0 Å². The first kappa shape index (κ1) is 19.4. The monoisotopic (exact) mass is 399 g/mol. The third-order valence-corrected chi connectivity index (χ3v) is 4.72.